The Bertz CT molecular complexity index is 788. The number of esters is 1. The number of ether oxygens (including phenoxy) is 1. The first kappa shape index (κ1) is 13.9. The predicted octanol–water partition coefficient (Wildman–Crippen LogP) is 2.74. The topological polar surface area (TPSA) is 58.8 Å². The van der Waals surface area contributed by atoms with Crippen molar-refractivity contribution in [3.63, 3.8) is 0 Å². The maximum Gasteiger partial charge on any atom is 0.338 e. The molecule has 118 valence electrons. The standard InChI is InChI=1S/C18H19N3O2/c1-2-23-18(22)12-3-5-16-13(7-12)9-20-11-21(16)10-14-8-15(19)4-6-17(14)20/h3-8H,2,9-11,19H2,1H3. The second kappa shape index (κ2) is 5.19. The molecule has 5 nitrogen and oxygen atoms in total. The summed E-state index contributed by atoms with van der Waals surface area (Å²) >= 11 is 0. The maximum absolute atomic E-state index is 11.9. The van der Waals surface area contributed by atoms with Crippen molar-refractivity contribution < 1.29 is 9.53 Å². The normalized spacial score (nSPS) is 15.0. The Labute approximate surface area is 135 Å². The van der Waals surface area contributed by atoms with E-state index in [1.54, 1.807) is 0 Å². The van der Waals surface area contributed by atoms with E-state index in [-0.39, 0.29) is 5.97 Å². The maximum atomic E-state index is 11.9. The van der Waals surface area contributed by atoms with Gasteiger partial charge in [0.1, 0.15) is 0 Å². The molecule has 5 heteroatoms. The Kier molecular flexibility index (Phi) is 3.15. The van der Waals surface area contributed by atoms with Crippen LogP contribution >= 0.6 is 0 Å². The fraction of sp³-hybridized carbons (Fsp3) is 0.278. The van der Waals surface area contributed by atoms with Crippen LogP contribution in [0.25, 0.3) is 0 Å². The van der Waals surface area contributed by atoms with Crippen LogP contribution in [-0.4, -0.2) is 19.2 Å². The lowest BCUT2D eigenvalue weighted by molar-refractivity contribution is 0.0526. The number of fused-ring (bicyclic) bond motifs is 6. The van der Waals surface area contributed by atoms with E-state index < -0.39 is 0 Å². The van der Waals surface area contributed by atoms with Crippen molar-refractivity contribution in [1.29, 1.82) is 0 Å². The minimum absolute atomic E-state index is 0.260. The molecule has 2 aliphatic rings. The van der Waals surface area contributed by atoms with Crippen LogP contribution in [0, 0.1) is 0 Å². The number of rotatable bonds is 2. The van der Waals surface area contributed by atoms with E-state index in [1.807, 2.05) is 37.3 Å². The predicted molar refractivity (Wildman–Crippen MR) is 90.5 cm³/mol. The summed E-state index contributed by atoms with van der Waals surface area (Å²) in [4.78, 5) is 16.6. The van der Waals surface area contributed by atoms with E-state index in [0.717, 1.165) is 31.0 Å². The summed E-state index contributed by atoms with van der Waals surface area (Å²) in [5, 5.41) is 0. The highest BCUT2D eigenvalue weighted by molar-refractivity contribution is 5.90. The Hall–Kier alpha value is -2.69. The monoisotopic (exact) mass is 309 g/mol. The second-order valence-corrected chi connectivity index (χ2v) is 5.99. The lowest BCUT2D eigenvalue weighted by atomic mass is 9.99. The summed E-state index contributed by atoms with van der Waals surface area (Å²) in [6.07, 6.45) is 0. The van der Waals surface area contributed by atoms with E-state index >= 15 is 0 Å². The van der Waals surface area contributed by atoms with Crippen LogP contribution in [0.3, 0.4) is 0 Å². The van der Waals surface area contributed by atoms with Crippen LogP contribution in [0.15, 0.2) is 36.4 Å². The number of anilines is 3. The largest absolute Gasteiger partial charge is 0.462 e. The van der Waals surface area contributed by atoms with Crippen LogP contribution in [0.4, 0.5) is 17.1 Å². The lowest BCUT2D eigenvalue weighted by Crippen LogP contribution is -2.46. The lowest BCUT2D eigenvalue weighted by Gasteiger charge is -2.44. The van der Waals surface area contributed by atoms with Crippen LogP contribution < -0.4 is 15.5 Å². The van der Waals surface area contributed by atoms with E-state index in [2.05, 4.69) is 15.9 Å². The molecule has 2 aromatic rings. The SMILES string of the molecule is CCOC(=O)c1ccc2c(c1)CN1CN2Cc2cc(N)ccc21. The third-order valence-electron chi connectivity index (χ3n) is 4.44. The van der Waals surface area contributed by atoms with Gasteiger partial charge in [-0.05, 0) is 54.4 Å². The summed E-state index contributed by atoms with van der Waals surface area (Å²) in [6, 6.07) is 11.9. The van der Waals surface area contributed by atoms with Gasteiger partial charge in [-0.1, -0.05) is 0 Å². The average molecular weight is 309 g/mol. The highest BCUT2D eigenvalue weighted by atomic mass is 16.5. The van der Waals surface area contributed by atoms with Gasteiger partial charge in [-0.2, -0.15) is 0 Å². The highest BCUT2D eigenvalue weighted by Gasteiger charge is 2.29. The molecule has 0 amide bonds. The molecule has 0 unspecified atom stereocenters. The molecular weight excluding hydrogens is 290 g/mol. The summed E-state index contributed by atoms with van der Waals surface area (Å²) in [5.41, 5.74) is 12.1. The molecule has 4 rings (SSSR count). The van der Waals surface area contributed by atoms with Crippen LogP contribution in [0.2, 0.25) is 0 Å². The van der Waals surface area contributed by atoms with Crippen molar-refractivity contribution in [2.45, 2.75) is 20.0 Å². The summed E-state index contributed by atoms with van der Waals surface area (Å²) in [6.45, 7) is 4.70. The van der Waals surface area contributed by atoms with Gasteiger partial charge in [-0.25, -0.2) is 4.79 Å². The molecule has 0 aromatic heterocycles. The molecule has 2 bridgehead atoms. The van der Waals surface area contributed by atoms with Crippen molar-refractivity contribution in [3.05, 3.63) is 53.1 Å². The van der Waals surface area contributed by atoms with E-state index in [0.29, 0.717) is 12.2 Å². The third-order valence-corrected chi connectivity index (χ3v) is 4.44. The number of benzene rings is 2. The van der Waals surface area contributed by atoms with Crippen molar-refractivity contribution in [2.75, 3.05) is 28.8 Å². The van der Waals surface area contributed by atoms with Crippen molar-refractivity contribution >= 4 is 23.0 Å². The van der Waals surface area contributed by atoms with Gasteiger partial charge in [-0.3, -0.25) is 0 Å². The Morgan fingerprint density at radius 2 is 1.74 bits per heavy atom. The molecule has 0 saturated heterocycles. The molecule has 2 aliphatic heterocycles. The summed E-state index contributed by atoms with van der Waals surface area (Å²) in [7, 11) is 0. The molecule has 0 spiro atoms. The third kappa shape index (κ3) is 2.29. The van der Waals surface area contributed by atoms with Gasteiger partial charge in [0.05, 0.1) is 18.8 Å². The zero-order chi connectivity index (χ0) is 16.0. The van der Waals surface area contributed by atoms with Crippen LogP contribution in [-0.2, 0) is 17.8 Å². The molecule has 2 N–H and O–H groups in total. The van der Waals surface area contributed by atoms with Gasteiger partial charge in [0.15, 0.2) is 0 Å². The van der Waals surface area contributed by atoms with Gasteiger partial charge < -0.3 is 20.3 Å². The Morgan fingerprint density at radius 3 is 2.43 bits per heavy atom. The quantitative estimate of drug-likeness (QED) is 0.683. The number of nitrogens with zero attached hydrogens (tertiary/aromatic N) is 2. The van der Waals surface area contributed by atoms with Crippen molar-refractivity contribution in [3.8, 4) is 0 Å². The molecule has 0 aliphatic carbocycles. The molecule has 2 aromatic carbocycles. The number of hydrogen-bond donors (Lipinski definition) is 1. The smallest absolute Gasteiger partial charge is 0.338 e. The summed E-state index contributed by atoms with van der Waals surface area (Å²) < 4.78 is 5.10. The van der Waals surface area contributed by atoms with E-state index in [4.69, 9.17) is 10.5 Å². The van der Waals surface area contributed by atoms with Gasteiger partial charge in [0.25, 0.3) is 0 Å². The van der Waals surface area contributed by atoms with Crippen molar-refractivity contribution in [2.24, 2.45) is 0 Å². The fourth-order valence-corrected chi connectivity index (χ4v) is 3.44. The minimum atomic E-state index is -0.260. The van der Waals surface area contributed by atoms with Gasteiger partial charge in [-0.15, -0.1) is 0 Å². The van der Waals surface area contributed by atoms with Crippen molar-refractivity contribution in [1.82, 2.24) is 0 Å². The van der Waals surface area contributed by atoms with Gasteiger partial charge in [0, 0.05) is 30.2 Å². The minimum Gasteiger partial charge on any atom is -0.462 e. The molecular formula is C18H19N3O2. The fourth-order valence-electron chi connectivity index (χ4n) is 3.44. The molecule has 23 heavy (non-hydrogen) atoms. The number of hydrogen-bond acceptors (Lipinski definition) is 5. The molecule has 0 radical (unpaired) electrons. The van der Waals surface area contributed by atoms with Crippen LogP contribution in [0.1, 0.15) is 28.4 Å². The van der Waals surface area contributed by atoms with Crippen LogP contribution in [0.5, 0.6) is 0 Å². The Balaban J connectivity index is 1.71. The number of nitrogens with two attached hydrogens (primary N) is 1. The molecule has 0 fully saturated rings. The first-order valence-electron chi connectivity index (χ1n) is 7.84. The number of carbonyl (C=O) groups is 1. The van der Waals surface area contributed by atoms with Gasteiger partial charge in [0.2, 0.25) is 0 Å². The van der Waals surface area contributed by atoms with Gasteiger partial charge >= 0.3 is 5.97 Å². The molecule has 2 heterocycles. The van der Waals surface area contributed by atoms with E-state index in [9.17, 15) is 4.79 Å². The van der Waals surface area contributed by atoms with E-state index in [1.165, 1.54) is 16.9 Å². The zero-order valence-corrected chi connectivity index (χ0v) is 13.1. The summed E-state index contributed by atoms with van der Waals surface area (Å²) in [5.74, 6) is -0.260. The first-order valence-corrected chi connectivity index (χ1v) is 7.84. The number of nitrogen functional groups attached to an aromatic ring is 1. The highest BCUT2D eigenvalue weighted by Crippen LogP contribution is 2.38. The zero-order valence-electron chi connectivity index (χ0n) is 13.1. The second-order valence-electron chi connectivity index (χ2n) is 5.99. The molecule has 0 saturated carbocycles. The first-order chi connectivity index (χ1) is 11.2. The molecule has 0 atom stereocenters. The Morgan fingerprint density at radius 1 is 1.09 bits per heavy atom. The average Bonchev–Trinajstić information content (AvgIpc) is 2.54. The number of carbonyl (C=O) groups excluding carboxylic acids is 1.